The van der Waals surface area contributed by atoms with Crippen molar-refractivity contribution < 1.29 is 22.7 Å². The highest BCUT2D eigenvalue weighted by molar-refractivity contribution is 7.91. The molecule has 1 aromatic carbocycles. The molecular weight excluding hydrogens is 393 g/mol. The van der Waals surface area contributed by atoms with E-state index < -0.39 is 15.4 Å². The Kier molecular flexibility index (Phi) is 5.28. The number of halogens is 1. The van der Waals surface area contributed by atoms with Crippen LogP contribution in [-0.4, -0.2) is 38.0 Å². The maximum absolute atomic E-state index is 13.1. The van der Waals surface area contributed by atoms with Gasteiger partial charge in [0.15, 0.2) is 9.84 Å². The van der Waals surface area contributed by atoms with Gasteiger partial charge in [-0.25, -0.2) is 12.8 Å². The molecule has 0 unspecified atom stereocenters. The van der Waals surface area contributed by atoms with Crippen molar-refractivity contribution >= 4 is 9.84 Å². The summed E-state index contributed by atoms with van der Waals surface area (Å²) in [5.74, 6) is 0.643. The Balaban J connectivity index is 1.40. The summed E-state index contributed by atoms with van der Waals surface area (Å²) in [6.45, 7) is 0.111. The second-order valence-electron chi connectivity index (χ2n) is 9.30. The number of aliphatic hydroxyl groups is 1. The molecule has 0 radical (unpaired) electrons. The molecule has 4 fully saturated rings. The Morgan fingerprint density at radius 3 is 2.14 bits per heavy atom. The number of sulfone groups is 1. The van der Waals surface area contributed by atoms with E-state index in [0.717, 1.165) is 51.4 Å². The molecule has 0 spiro atoms. The third-order valence-electron chi connectivity index (χ3n) is 7.63. The number of hydrogen-bond donors (Lipinski definition) is 2. The predicted octanol–water partition coefficient (Wildman–Crippen LogP) is 3.52. The van der Waals surface area contributed by atoms with E-state index >= 15 is 0 Å². The Hall–Kier alpha value is -1.44. The van der Waals surface area contributed by atoms with E-state index in [1.807, 2.05) is 0 Å². The number of fused-ring (bicyclic) bond motifs is 3. The minimum Gasteiger partial charge on any atom is -0.489 e. The Bertz CT molecular complexity index is 865. The molecule has 0 atom stereocenters. The van der Waals surface area contributed by atoms with Gasteiger partial charge in [-0.15, -0.1) is 0 Å². The summed E-state index contributed by atoms with van der Waals surface area (Å²) < 4.78 is 44.2. The van der Waals surface area contributed by atoms with Crippen LogP contribution in [0, 0.1) is 10.8 Å². The van der Waals surface area contributed by atoms with Gasteiger partial charge < -0.3 is 15.6 Å². The maximum atomic E-state index is 13.1. The van der Waals surface area contributed by atoms with Crippen molar-refractivity contribution in [2.75, 3.05) is 18.9 Å². The summed E-state index contributed by atoms with van der Waals surface area (Å²) >= 11 is 0. The van der Waals surface area contributed by atoms with Crippen molar-refractivity contribution in [3.63, 3.8) is 0 Å². The summed E-state index contributed by atoms with van der Waals surface area (Å²) in [5.41, 5.74) is 5.13. The molecule has 4 aliphatic carbocycles. The Morgan fingerprint density at radius 2 is 1.66 bits per heavy atom. The smallest absolute Gasteiger partial charge is 0.178 e. The van der Waals surface area contributed by atoms with Crippen LogP contribution in [0.15, 0.2) is 41.1 Å². The van der Waals surface area contributed by atoms with Crippen LogP contribution in [-0.2, 0) is 9.84 Å². The Labute approximate surface area is 172 Å². The van der Waals surface area contributed by atoms with Crippen LogP contribution in [0.4, 0.5) is 4.39 Å². The first kappa shape index (κ1) is 20.8. The van der Waals surface area contributed by atoms with E-state index in [2.05, 4.69) is 0 Å². The van der Waals surface area contributed by atoms with E-state index in [1.54, 1.807) is 24.3 Å². The molecule has 160 valence electrons. The summed E-state index contributed by atoms with van der Waals surface area (Å²) in [6.07, 6.45) is 7.71. The number of hydrogen-bond acceptors (Lipinski definition) is 5. The fourth-order valence-corrected chi connectivity index (χ4v) is 7.32. The topological polar surface area (TPSA) is 89.6 Å². The maximum Gasteiger partial charge on any atom is 0.178 e. The van der Waals surface area contributed by atoms with Gasteiger partial charge in [-0.1, -0.05) is 0 Å². The lowest BCUT2D eigenvalue weighted by atomic mass is 9.52. The summed E-state index contributed by atoms with van der Waals surface area (Å²) in [4.78, 5) is 0.294. The fraction of sp³-hybridized carbons (Fsp3) is 0.636. The number of rotatable bonds is 8. The van der Waals surface area contributed by atoms with Crippen LogP contribution in [0.25, 0.3) is 0 Å². The highest BCUT2D eigenvalue weighted by atomic mass is 32.2. The van der Waals surface area contributed by atoms with E-state index in [4.69, 9.17) is 10.5 Å². The van der Waals surface area contributed by atoms with Crippen LogP contribution in [0.1, 0.15) is 51.4 Å². The molecule has 7 heteroatoms. The zero-order valence-electron chi connectivity index (χ0n) is 16.7. The largest absolute Gasteiger partial charge is 0.489 e. The molecule has 5 rings (SSSR count). The summed E-state index contributed by atoms with van der Waals surface area (Å²) in [5, 5.41) is 10.7. The molecule has 1 aromatic rings. The fourth-order valence-electron chi connectivity index (χ4n) is 5.37. The second-order valence-corrected chi connectivity index (χ2v) is 11.3. The number of ether oxygens (including phenoxy) is 1. The zero-order chi connectivity index (χ0) is 20.8. The van der Waals surface area contributed by atoms with Gasteiger partial charge in [0.2, 0.25) is 0 Å². The van der Waals surface area contributed by atoms with Gasteiger partial charge in [0.25, 0.3) is 0 Å². The van der Waals surface area contributed by atoms with E-state index in [1.165, 1.54) is 0 Å². The minimum atomic E-state index is -3.41. The number of benzene rings is 1. The molecule has 2 bridgehead atoms. The van der Waals surface area contributed by atoms with Crippen LogP contribution >= 0.6 is 0 Å². The lowest BCUT2D eigenvalue weighted by Gasteiger charge is -2.55. The number of nitrogens with two attached hydrogens (primary N) is 1. The van der Waals surface area contributed by atoms with Crippen molar-refractivity contribution in [2.45, 2.75) is 61.9 Å². The summed E-state index contributed by atoms with van der Waals surface area (Å²) in [7, 11) is -3.41. The first-order valence-electron chi connectivity index (χ1n) is 10.4. The molecule has 0 saturated heterocycles. The van der Waals surface area contributed by atoms with Gasteiger partial charge in [-0.3, -0.25) is 0 Å². The van der Waals surface area contributed by atoms with Crippen molar-refractivity contribution in [1.82, 2.24) is 0 Å². The molecule has 0 amide bonds. The molecule has 0 heterocycles. The average molecular weight is 424 g/mol. The van der Waals surface area contributed by atoms with E-state index in [-0.39, 0.29) is 29.7 Å². The molecular formula is C22H30FNO4S. The van der Waals surface area contributed by atoms with Crippen LogP contribution < -0.4 is 10.5 Å². The molecule has 4 aliphatic rings. The van der Waals surface area contributed by atoms with Gasteiger partial charge in [-0.2, -0.15) is 0 Å². The van der Waals surface area contributed by atoms with E-state index in [9.17, 15) is 17.9 Å². The van der Waals surface area contributed by atoms with Crippen LogP contribution in [0.2, 0.25) is 0 Å². The van der Waals surface area contributed by atoms with Gasteiger partial charge in [0, 0.05) is 12.1 Å². The van der Waals surface area contributed by atoms with Gasteiger partial charge in [-0.05, 0) is 86.5 Å². The quantitative estimate of drug-likeness (QED) is 0.668. The van der Waals surface area contributed by atoms with Crippen molar-refractivity contribution in [3.05, 3.63) is 36.2 Å². The van der Waals surface area contributed by atoms with E-state index in [0.29, 0.717) is 22.5 Å². The van der Waals surface area contributed by atoms with Gasteiger partial charge >= 0.3 is 0 Å². The zero-order valence-corrected chi connectivity index (χ0v) is 17.5. The van der Waals surface area contributed by atoms with Crippen molar-refractivity contribution in [1.29, 1.82) is 0 Å². The lowest BCUT2D eigenvalue weighted by molar-refractivity contribution is -0.0966. The van der Waals surface area contributed by atoms with Crippen molar-refractivity contribution in [2.24, 2.45) is 16.6 Å². The first-order chi connectivity index (χ1) is 13.8. The van der Waals surface area contributed by atoms with Crippen molar-refractivity contribution in [3.8, 4) is 5.75 Å². The molecule has 3 N–H and O–H groups in total. The average Bonchev–Trinajstić information content (AvgIpc) is 3.49. The highest BCUT2D eigenvalue weighted by Gasteiger charge is 2.63. The lowest BCUT2D eigenvalue weighted by Crippen LogP contribution is -2.51. The minimum absolute atomic E-state index is 0.0357. The van der Waals surface area contributed by atoms with Crippen LogP contribution in [0.3, 0.4) is 0 Å². The molecule has 5 nitrogen and oxygen atoms in total. The van der Waals surface area contributed by atoms with Gasteiger partial charge in [0.1, 0.15) is 12.4 Å². The highest BCUT2D eigenvalue weighted by Crippen LogP contribution is 2.67. The molecule has 4 saturated carbocycles. The molecule has 0 aromatic heterocycles. The Morgan fingerprint density at radius 1 is 1.07 bits per heavy atom. The monoisotopic (exact) mass is 423 g/mol. The SMILES string of the molecule is NC/C(=C\F)COc1ccc(S(=O)(=O)CC23CCC(C4(O)CC4)(CC2)CC3)cc1. The summed E-state index contributed by atoms with van der Waals surface area (Å²) in [6, 6.07) is 6.33. The third-order valence-corrected chi connectivity index (χ3v) is 9.62. The predicted molar refractivity (Wildman–Crippen MR) is 109 cm³/mol. The first-order valence-corrected chi connectivity index (χ1v) is 12.1. The standard InChI is InChI=1S/C22H30FNO4S/c23-13-17(14-24)15-28-18-1-3-19(4-2-18)29(26,27)16-20-5-8-21(9-6-20,10-7-20)22(25)11-12-22/h1-4,13,25H,5-12,14-16,24H2/b17-13+. The van der Waals surface area contributed by atoms with Gasteiger partial charge in [0.05, 0.1) is 22.6 Å². The second kappa shape index (κ2) is 7.36. The normalized spacial score (nSPS) is 30.9. The molecule has 0 aliphatic heterocycles. The van der Waals surface area contributed by atoms with Crippen LogP contribution in [0.5, 0.6) is 5.75 Å². The molecule has 29 heavy (non-hydrogen) atoms. The third kappa shape index (κ3) is 3.84.